The lowest BCUT2D eigenvalue weighted by molar-refractivity contribution is -0.117. The zero-order valence-corrected chi connectivity index (χ0v) is 12.7. The van der Waals surface area contributed by atoms with E-state index in [1.54, 1.807) is 14.0 Å². The Morgan fingerprint density at radius 1 is 1.19 bits per heavy atom. The Kier molecular flexibility index (Phi) is 4.99. The second-order valence-electron chi connectivity index (χ2n) is 4.61. The number of isothiocyanates is 1. The van der Waals surface area contributed by atoms with E-state index >= 15 is 0 Å². The first-order chi connectivity index (χ1) is 10.2. The van der Waals surface area contributed by atoms with Gasteiger partial charge in [-0.3, -0.25) is 4.79 Å². The summed E-state index contributed by atoms with van der Waals surface area (Å²) in [7, 11) is 1.61. The van der Waals surface area contributed by atoms with Gasteiger partial charge in [-0.2, -0.15) is 4.99 Å². The number of thiocarbonyl (C=S) groups is 1. The highest BCUT2D eigenvalue weighted by molar-refractivity contribution is 7.78. The third-order valence-corrected chi connectivity index (χ3v) is 3.33. The number of methoxy groups -OCH3 is 1. The highest BCUT2D eigenvalue weighted by Gasteiger charge is 2.19. The maximum absolute atomic E-state index is 12.1. The molecule has 0 aliphatic heterocycles. The number of nitrogens with zero attached hydrogens (tertiary/aromatic N) is 1. The topological polar surface area (TPSA) is 38.7 Å². The van der Waals surface area contributed by atoms with Crippen LogP contribution in [0.5, 0.6) is 5.75 Å². The van der Waals surface area contributed by atoms with Crippen molar-refractivity contribution >= 4 is 28.8 Å². The van der Waals surface area contributed by atoms with Crippen LogP contribution in [0.2, 0.25) is 0 Å². The van der Waals surface area contributed by atoms with Gasteiger partial charge in [-0.15, -0.1) is 0 Å². The first-order valence-corrected chi connectivity index (χ1v) is 6.88. The molecule has 0 spiro atoms. The number of hydrogen-bond acceptors (Lipinski definition) is 4. The minimum Gasteiger partial charge on any atom is -0.497 e. The molecule has 2 aromatic rings. The van der Waals surface area contributed by atoms with E-state index in [1.807, 2.05) is 48.5 Å². The third-order valence-electron chi connectivity index (χ3n) is 3.23. The molecule has 4 heteroatoms. The number of hydrogen-bond donors (Lipinski definition) is 0. The molecular formula is C17H15NO2S. The van der Waals surface area contributed by atoms with Crippen LogP contribution in [0.1, 0.15) is 24.0 Å². The van der Waals surface area contributed by atoms with Gasteiger partial charge in [0.2, 0.25) is 0 Å². The predicted octanol–water partition coefficient (Wildman–Crippen LogP) is 4.15. The van der Waals surface area contributed by atoms with Crippen LogP contribution in [-0.4, -0.2) is 18.1 Å². The van der Waals surface area contributed by atoms with E-state index in [1.165, 1.54) is 0 Å². The van der Waals surface area contributed by atoms with Gasteiger partial charge in [-0.25, -0.2) is 0 Å². The summed E-state index contributed by atoms with van der Waals surface area (Å²) >= 11 is 4.58. The van der Waals surface area contributed by atoms with Crippen molar-refractivity contribution in [2.75, 3.05) is 7.11 Å². The third kappa shape index (κ3) is 3.63. The predicted molar refractivity (Wildman–Crippen MR) is 86.6 cm³/mol. The summed E-state index contributed by atoms with van der Waals surface area (Å²) in [5.41, 5.74) is 2.55. The van der Waals surface area contributed by atoms with Crippen LogP contribution < -0.4 is 4.74 Å². The number of benzene rings is 2. The zero-order chi connectivity index (χ0) is 15.2. The van der Waals surface area contributed by atoms with E-state index in [0.29, 0.717) is 0 Å². The van der Waals surface area contributed by atoms with Crippen molar-refractivity contribution in [1.29, 1.82) is 0 Å². The van der Waals surface area contributed by atoms with Gasteiger partial charge in [0.25, 0.3) is 0 Å². The lowest BCUT2D eigenvalue weighted by Gasteiger charge is -2.15. The van der Waals surface area contributed by atoms with Crippen molar-refractivity contribution in [3.05, 3.63) is 59.7 Å². The molecule has 0 radical (unpaired) electrons. The fourth-order valence-electron chi connectivity index (χ4n) is 2.28. The molecule has 0 aliphatic carbocycles. The zero-order valence-electron chi connectivity index (χ0n) is 11.9. The van der Waals surface area contributed by atoms with Crippen molar-refractivity contribution in [2.45, 2.75) is 12.8 Å². The van der Waals surface area contributed by atoms with E-state index in [9.17, 15) is 4.79 Å². The molecule has 0 aromatic heterocycles. The molecule has 106 valence electrons. The van der Waals surface area contributed by atoms with Gasteiger partial charge in [0.1, 0.15) is 11.5 Å². The Morgan fingerprint density at radius 2 is 1.90 bits per heavy atom. The smallest absolute Gasteiger partial charge is 0.141 e. The maximum Gasteiger partial charge on any atom is 0.141 e. The number of ether oxygens (including phenoxy) is 1. The lowest BCUT2D eigenvalue weighted by Crippen LogP contribution is -2.10. The van der Waals surface area contributed by atoms with Crippen LogP contribution in [0.3, 0.4) is 0 Å². The molecule has 1 atom stereocenters. The normalized spacial score (nSPS) is 11.3. The van der Waals surface area contributed by atoms with Gasteiger partial charge in [-0.1, -0.05) is 24.3 Å². The molecule has 0 aliphatic rings. The molecule has 2 aromatic carbocycles. The Balaban J connectivity index is 2.42. The van der Waals surface area contributed by atoms with Gasteiger partial charge in [0, 0.05) is 0 Å². The van der Waals surface area contributed by atoms with Gasteiger partial charge in [-0.05, 0) is 54.5 Å². The Morgan fingerprint density at radius 3 is 2.48 bits per heavy atom. The van der Waals surface area contributed by atoms with Gasteiger partial charge >= 0.3 is 0 Å². The summed E-state index contributed by atoms with van der Waals surface area (Å²) in [6, 6.07) is 15.0. The van der Waals surface area contributed by atoms with E-state index < -0.39 is 0 Å². The average molecular weight is 297 g/mol. The first kappa shape index (κ1) is 15.1. The van der Waals surface area contributed by atoms with E-state index in [-0.39, 0.29) is 11.7 Å². The van der Waals surface area contributed by atoms with Gasteiger partial charge in [0.15, 0.2) is 0 Å². The number of carbonyl (C=O) groups excluding carboxylic acids is 1. The highest BCUT2D eigenvalue weighted by atomic mass is 32.1. The molecule has 1 unspecified atom stereocenters. The van der Waals surface area contributed by atoms with Crippen LogP contribution in [0, 0.1) is 0 Å². The van der Waals surface area contributed by atoms with Crippen molar-refractivity contribution in [3.8, 4) is 5.75 Å². The van der Waals surface area contributed by atoms with Gasteiger partial charge in [0.05, 0.1) is 23.9 Å². The van der Waals surface area contributed by atoms with Crippen molar-refractivity contribution in [1.82, 2.24) is 0 Å². The van der Waals surface area contributed by atoms with Crippen LogP contribution >= 0.6 is 12.2 Å². The Bertz CT molecular complexity index is 688. The number of aliphatic imine (C=N–C) groups is 1. The Hall–Kier alpha value is -2.29. The number of rotatable bonds is 5. The second kappa shape index (κ2) is 6.93. The largest absolute Gasteiger partial charge is 0.497 e. The summed E-state index contributed by atoms with van der Waals surface area (Å²) in [6.07, 6.45) is 0. The highest BCUT2D eigenvalue weighted by Crippen LogP contribution is 2.29. The summed E-state index contributed by atoms with van der Waals surface area (Å²) in [6.45, 7) is 1.59. The number of ketones is 1. The van der Waals surface area contributed by atoms with Crippen molar-refractivity contribution in [2.24, 2.45) is 4.99 Å². The maximum atomic E-state index is 12.1. The SMILES string of the molecule is COc1cccc(C(C(C)=O)c2ccc(N=C=S)cc2)c1. The van der Waals surface area contributed by atoms with Crippen LogP contribution in [0.4, 0.5) is 5.69 Å². The van der Waals surface area contributed by atoms with Gasteiger partial charge < -0.3 is 4.74 Å². The Labute approximate surface area is 129 Å². The molecule has 0 bridgehead atoms. The minimum absolute atomic E-state index is 0.0781. The molecule has 0 N–H and O–H groups in total. The fraction of sp³-hybridized carbons (Fsp3) is 0.176. The molecule has 21 heavy (non-hydrogen) atoms. The fourth-order valence-corrected chi connectivity index (χ4v) is 2.38. The van der Waals surface area contributed by atoms with Crippen LogP contribution in [-0.2, 0) is 4.79 Å². The molecule has 2 rings (SSSR count). The summed E-state index contributed by atoms with van der Waals surface area (Å²) in [5, 5.41) is 2.33. The minimum atomic E-state index is -0.314. The van der Waals surface area contributed by atoms with Crippen molar-refractivity contribution < 1.29 is 9.53 Å². The summed E-state index contributed by atoms with van der Waals surface area (Å²) in [5.74, 6) is 0.501. The summed E-state index contributed by atoms with van der Waals surface area (Å²) < 4.78 is 5.23. The molecule has 0 amide bonds. The molecule has 3 nitrogen and oxygen atoms in total. The van der Waals surface area contributed by atoms with E-state index in [0.717, 1.165) is 22.6 Å². The molecular weight excluding hydrogens is 282 g/mol. The number of carbonyl (C=O) groups is 1. The van der Waals surface area contributed by atoms with E-state index in [2.05, 4.69) is 22.4 Å². The summed E-state index contributed by atoms with van der Waals surface area (Å²) in [4.78, 5) is 16.0. The molecule has 0 saturated carbocycles. The first-order valence-electron chi connectivity index (χ1n) is 6.48. The average Bonchev–Trinajstić information content (AvgIpc) is 2.49. The standard InChI is InChI=1S/C17H15NO2S/c1-12(19)17(14-4-3-5-16(10-14)20-2)13-6-8-15(9-7-13)18-11-21/h3-10,17H,1-2H3. The van der Waals surface area contributed by atoms with Crippen LogP contribution in [0.25, 0.3) is 0 Å². The van der Waals surface area contributed by atoms with Crippen molar-refractivity contribution in [3.63, 3.8) is 0 Å². The molecule has 0 saturated heterocycles. The molecule has 0 heterocycles. The quantitative estimate of drug-likeness (QED) is 0.614. The second-order valence-corrected chi connectivity index (χ2v) is 4.80. The monoisotopic (exact) mass is 297 g/mol. The molecule has 0 fully saturated rings. The van der Waals surface area contributed by atoms with Crippen LogP contribution in [0.15, 0.2) is 53.5 Å². The number of Topliss-reactive ketones (excluding diaryl/α,β-unsaturated/α-hetero) is 1. The lowest BCUT2D eigenvalue weighted by atomic mass is 9.88. The van der Waals surface area contributed by atoms with E-state index in [4.69, 9.17) is 4.74 Å².